The van der Waals surface area contributed by atoms with Crippen molar-refractivity contribution in [3.63, 3.8) is 0 Å². The summed E-state index contributed by atoms with van der Waals surface area (Å²) >= 11 is 0. The van der Waals surface area contributed by atoms with Gasteiger partial charge in [0.1, 0.15) is 0 Å². The zero-order chi connectivity index (χ0) is 9.68. The van der Waals surface area contributed by atoms with Gasteiger partial charge >= 0.3 is 0 Å². The van der Waals surface area contributed by atoms with E-state index in [0.717, 1.165) is 5.69 Å². The van der Waals surface area contributed by atoms with Gasteiger partial charge in [0.15, 0.2) is 0 Å². The first-order valence-electron chi connectivity index (χ1n) is 4.36. The molecule has 1 rings (SSSR count). The van der Waals surface area contributed by atoms with Crippen LogP contribution in [0.2, 0.25) is 0 Å². The summed E-state index contributed by atoms with van der Waals surface area (Å²) in [7, 11) is 0. The average Bonchev–Trinajstić information content (AvgIpc) is 2.15. The van der Waals surface area contributed by atoms with Gasteiger partial charge in [0, 0.05) is 12.7 Å². The third kappa shape index (κ3) is 3.38. The summed E-state index contributed by atoms with van der Waals surface area (Å²) in [5.74, 6) is 1.04. The minimum Gasteiger partial charge on any atom is -0.476 e. The molecule has 0 bridgehead atoms. The molecule has 1 heterocycles. The molecule has 0 aliphatic carbocycles. The highest BCUT2D eigenvalue weighted by atomic mass is 16.5. The van der Waals surface area contributed by atoms with E-state index in [4.69, 9.17) is 10.5 Å². The molecule has 0 saturated carbocycles. The molecule has 1 aromatic rings. The predicted octanol–water partition coefficient (Wildman–Crippen LogP) is 0.970. The first-order chi connectivity index (χ1) is 6.22. The molecule has 0 amide bonds. The largest absolute Gasteiger partial charge is 0.476 e. The Morgan fingerprint density at radius 1 is 1.46 bits per heavy atom. The summed E-state index contributed by atoms with van der Waals surface area (Å²) in [5, 5.41) is 0. The van der Waals surface area contributed by atoms with E-state index in [1.807, 2.05) is 0 Å². The monoisotopic (exact) mass is 181 g/mol. The Bertz CT molecular complexity index is 263. The molecule has 1 aromatic heterocycles. The van der Waals surface area contributed by atoms with Gasteiger partial charge in [-0.15, -0.1) is 0 Å². The summed E-state index contributed by atoms with van der Waals surface area (Å²) in [5.41, 5.74) is 6.17. The Morgan fingerprint density at radius 2 is 2.23 bits per heavy atom. The van der Waals surface area contributed by atoms with Gasteiger partial charge < -0.3 is 10.5 Å². The van der Waals surface area contributed by atoms with Crippen molar-refractivity contribution in [1.29, 1.82) is 0 Å². The zero-order valence-corrected chi connectivity index (χ0v) is 8.03. The normalized spacial score (nSPS) is 10.5. The maximum Gasteiger partial charge on any atom is 0.232 e. The van der Waals surface area contributed by atoms with Crippen molar-refractivity contribution < 1.29 is 4.74 Å². The number of hydrogen-bond donors (Lipinski definition) is 1. The van der Waals surface area contributed by atoms with E-state index in [2.05, 4.69) is 23.8 Å². The molecule has 0 aromatic carbocycles. The van der Waals surface area contributed by atoms with Gasteiger partial charge in [0.05, 0.1) is 18.5 Å². The van der Waals surface area contributed by atoms with Crippen LogP contribution in [0.4, 0.5) is 0 Å². The van der Waals surface area contributed by atoms with Gasteiger partial charge in [-0.1, -0.05) is 13.8 Å². The van der Waals surface area contributed by atoms with Crippen LogP contribution in [-0.2, 0) is 6.54 Å². The lowest BCUT2D eigenvalue weighted by atomic mass is 10.2. The Balaban J connectivity index is 2.56. The lowest BCUT2D eigenvalue weighted by Gasteiger charge is -2.07. The second-order valence-corrected chi connectivity index (χ2v) is 3.26. The van der Waals surface area contributed by atoms with E-state index < -0.39 is 0 Å². The Hall–Kier alpha value is -1.16. The molecule has 0 aliphatic heterocycles. The minimum absolute atomic E-state index is 0.395. The summed E-state index contributed by atoms with van der Waals surface area (Å²) in [6, 6.07) is 0. The minimum atomic E-state index is 0.395. The molecule has 4 heteroatoms. The molecule has 0 atom stereocenters. The number of aromatic nitrogens is 2. The number of nitrogens with two attached hydrogens (primary N) is 1. The molecule has 0 spiro atoms. The molecule has 72 valence electrons. The van der Waals surface area contributed by atoms with E-state index in [0.29, 0.717) is 24.9 Å². The first kappa shape index (κ1) is 9.92. The smallest absolute Gasteiger partial charge is 0.232 e. The van der Waals surface area contributed by atoms with Crippen molar-refractivity contribution in [2.75, 3.05) is 6.61 Å². The molecule has 0 aliphatic rings. The van der Waals surface area contributed by atoms with Crippen LogP contribution in [0.5, 0.6) is 5.88 Å². The van der Waals surface area contributed by atoms with E-state index >= 15 is 0 Å². The lowest BCUT2D eigenvalue weighted by Crippen LogP contribution is -2.08. The number of hydrogen-bond acceptors (Lipinski definition) is 4. The fourth-order valence-corrected chi connectivity index (χ4v) is 0.806. The standard InChI is InChI=1S/C9H15N3O/c1-7(2)6-13-9-5-11-4-8(3-10)12-9/h4-5,7H,3,6,10H2,1-2H3. The lowest BCUT2D eigenvalue weighted by molar-refractivity contribution is 0.259. The van der Waals surface area contributed by atoms with Crippen molar-refractivity contribution in [1.82, 2.24) is 9.97 Å². The van der Waals surface area contributed by atoms with Crippen molar-refractivity contribution >= 4 is 0 Å². The first-order valence-corrected chi connectivity index (χ1v) is 4.36. The van der Waals surface area contributed by atoms with Crippen LogP contribution in [0.1, 0.15) is 19.5 Å². The third-order valence-corrected chi connectivity index (χ3v) is 1.44. The van der Waals surface area contributed by atoms with Crippen LogP contribution in [0, 0.1) is 5.92 Å². The predicted molar refractivity (Wildman–Crippen MR) is 50.3 cm³/mol. The van der Waals surface area contributed by atoms with Crippen LogP contribution in [0.3, 0.4) is 0 Å². The van der Waals surface area contributed by atoms with Gasteiger partial charge in [0.25, 0.3) is 0 Å². The topological polar surface area (TPSA) is 61.0 Å². The summed E-state index contributed by atoms with van der Waals surface area (Å²) in [6.45, 7) is 5.22. The molecule has 2 N–H and O–H groups in total. The van der Waals surface area contributed by atoms with Gasteiger partial charge in [-0.3, -0.25) is 4.98 Å². The number of ether oxygens (including phenoxy) is 1. The van der Waals surface area contributed by atoms with Gasteiger partial charge in [0.2, 0.25) is 5.88 Å². The zero-order valence-electron chi connectivity index (χ0n) is 8.03. The maximum absolute atomic E-state index is 5.42. The van der Waals surface area contributed by atoms with Crippen molar-refractivity contribution in [2.24, 2.45) is 11.7 Å². The molecule has 0 radical (unpaired) electrons. The van der Waals surface area contributed by atoms with Crippen LogP contribution in [-0.4, -0.2) is 16.6 Å². The highest BCUT2D eigenvalue weighted by Gasteiger charge is 1.99. The van der Waals surface area contributed by atoms with E-state index in [-0.39, 0.29) is 0 Å². The van der Waals surface area contributed by atoms with Crippen LogP contribution in [0.25, 0.3) is 0 Å². The van der Waals surface area contributed by atoms with Crippen molar-refractivity contribution in [2.45, 2.75) is 20.4 Å². The molecule has 0 fully saturated rings. The van der Waals surface area contributed by atoms with E-state index in [1.54, 1.807) is 12.4 Å². The van der Waals surface area contributed by atoms with Crippen molar-refractivity contribution in [3.8, 4) is 5.88 Å². The molecule has 4 nitrogen and oxygen atoms in total. The van der Waals surface area contributed by atoms with Crippen LogP contribution >= 0.6 is 0 Å². The van der Waals surface area contributed by atoms with Gasteiger partial charge in [-0.05, 0) is 5.92 Å². The van der Waals surface area contributed by atoms with Gasteiger partial charge in [-0.2, -0.15) is 0 Å². The fourth-order valence-electron chi connectivity index (χ4n) is 0.806. The molecular weight excluding hydrogens is 166 g/mol. The Morgan fingerprint density at radius 3 is 2.85 bits per heavy atom. The Labute approximate surface area is 78.1 Å². The van der Waals surface area contributed by atoms with E-state index in [9.17, 15) is 0 Å². The van der Waals surface area contributed by atoms with Crippen LogP contribution in [0.15, 0.2) is 12.4 Å². The summed E-state index contributed by atoms with van der Waals surface area (Å²) in [6.07, 6.45) is 3.24. The molecular formula is C9H15N3O. The fraction of sp³-hybridized carbons (Fsp3) is 0.556. The average molecular weight is 181 g/mol. The molecule has 0 unspecified atom stereocenters. The highest BCUT2D eigenvalue weighted by molar-refractivity contribution is 5.07. The van der Waals surface area contributed by atoms with Gasteiger partial charge in [-0.25, -0.2) is 4.98 Å². The maximum atomic E-state index is 5.42. The van der Waals surface area contributed by atoms with Crippen molar-refractivity contribution in [3.05, 3.63) is 18.1 Å². The highest BCUT2D eigenvalue weighted by Crippen LogP contribution is 2.06. The summed E-state index contributed by atoms with van der Waals surface area (Å²) in [4.78, 5) is 8.12. The number of rotatable bonds is 4. The third-order valence-electron chi connectivity index (χ3n) is 1.44. The molecule has 0 saturated heterocycles. The van der Waals surface area contributed by atoms with Crippen LogP contribution < -0.4 is 10.5 Å². The second kappa shape index (κ2) is 4.77. The summed E-state index contributed by atoms with van der Waals surface area (Å²) < 4.78 is 5.38. The Kier molecular flexibility index (Phi) is 3.64. The second-order valence-electron chi connectivity index (χ2n) is 3.26. The van der Waals surface area contributed by atoms with E-state index in [1.165, 1.54) is 0 Å². The number of nitrogens with zero attached hydrogens (tertiary/aromatic N) is 2. The molecule has 13 heavy (non-hydrogen) atoms. The SMILES string of the molecule is CC(C)COc1cncc(CN)n1. The quantitative estimate of drug-likeness (QED) is 0.751.